The molecule has 5 aliphatic heterocycles. The maximum absolute atomic E-state index is 13.1. The van der Waals surface area contributed by atoms with Gasteiger partial charge in [0.05, 0.1) is 0 Å². The molecule has 2 bridgehead atoms. The number of hydrogen-bond donors (Lipinski definition) is 1. The Labute approximate surface area is 259 Å². The molecule has 2 aromatic carbocycles. The molecule has 0 radical (unpaired) electrons. The Morgan fingerprint density at radius 3 is 2.33 bits per heavy atom. The smallest absolute Gasteiger partial charge is 0.255 e. The molecule has 8 rings (SSSR count). The van der Waals surface area contributed by atoms with Crippen LogP contribution >= 0.6 is 11.6 Å². The topological polar surface area (TPSA) is 73.0 Å². The van der Waals surface area contributed by atoms with Crippen LogP contribution in [-0.2, 0) is 22.7 Å². The number of carbonyl (C=O) groups is 3. The molecule has 6 aliphatic rings. The van der Waals surface area contributed by atoms with Crippen LogP contribution < -0.4 is 5.32 Å². The third-order valence-corrected chi connectivity index (χ3v) is 10.8. The zero-order valence-corrected chi connectivity index (χ0v) is 26.0. The minimum Gasteiger partial charge on any atom is -0.322 e. The van der Waals surface area contributed by atoms with Gasteiger partial charge >= 0.3 is 0 Å². The van der Waals surface area contributed by atoms with Crippen LogP contribution in [0, 0.1) is 5.41 Å². The van der Waals surface area contributed by atoms with Gasteiger partial charge in [-0.1, -0.05) is 55.3 Å². The van der Waals surface area contributed by atoms with Crippen LogP contribution in [0.2, 0.25) is 5.02 Å². The molecule has 0 aromatic heterocycles. The summed E-state index contributed by atoms with van der Waals surface area (Å²) in [6, 6.07) is 15.1. The van der Waals surface area contributed by atoms with Crippen molar-refractivity contribution in [1.82, 2.24) is 20.0 Å². The SMILES string of the molecule is CC1(C)CCC(CN2CC3CCC2CN3Cc2ccc3c(c2)CN(C2CCC(=O)NC2=O)C3=O)=C(c2ccc(Cl)cc2)C1. The number of amides is 3. The summed E-state index contributed by atoms with van der Waals surface area (Å²) in [5.41, 5.74) is 7.64. The predicted octanol–water partition coefficient (Wildman–Crippen LogP) is 5.41. The lowest BCUT2D eigenvalue weighted by atomic mass is 9.72. The minimum atomic E-state index is -0.574. The first-order valence-corrected chi connectivity index (χ1v) is 16.2. The number of fused-ring (bicyclic) bond motifs is 4. The molecule has 7 nitrogen and oxygen atoms in total. The van der Waals surface area contributed by atoms with Gasteiger partial charge in [0.1, 0.15) is 6.04 Å². The lowest BCUT2D eigenvalue weighted by Gasteiger charge is -2.52. The number of piperidine rings is 3. The van der Waals surface area contributed by atoms with Gasteiger partial charge in [0.15, 0.2) is 0 Å². The summed E-state index contributed by atoms with van der Waals surface area (Å²) >= 11 is 6.22. The van der Waals surface area contributed by atoms with E-state index in [9.17, 15) is 14.4 Å². The standard InChI is InChI=1S/C35H41ClN4O3/c1-35(2)14-13-24(30(16-35)23-4-6-26(36)7-5-23)18-39-21-27-8-9-28(39)20-38(27)17-22-3-10-29-25(15-22)19-40(34(29)43)31-11-12-32(41)37-33(31)42/h3-7,10,15,27-28,31H,8-9,11-14,16-21H2,1-2H3,(H,37,41,42). The highest BCUT2D eigenvalue weighted by molar-refractivity contribution is 6.30. The van der Waals surface area contributed by atoms with E-state index < -0.39 is 6.04 Å². The molecule has 4 saturated heterocycles. The Kier molecular flexibility index (Phi) is 7.47. The fraction of sp³-hybridized carbons (Fsp3) is 0.514. The molecule has 1 aliphatic carbocycles. The number of halogens is 1. The van der Waals surface area contributed by atoms with E-state index in [-0.39, 0.29) is 24.1 Å². The number of carbonyl (C=O) groups excluding carboxylic acids is 3. The number of nitrogens with one attached hydrogen (secondary N) is 1. The first-order chi connectivity index (χ1) is 20.6. The van der Waals surface area contributed by atoms with Crippen LogP contribution in [0.1, 0.15) is 85.8 Å². The summed E-state index contributed by atoms with van der Waals surface area (Å²) in [6.45, 7) is 9.30. The fourth-order valence-electron chi connectivity index (χ4n) is 8.06. The molecule has 4 fully saturated rings. The van der Waals surface area contributed by atoms with E-state index in [0.29, 0.717) is 36.0 Å². The van der Waals surface area contributed by atoms with E-state index in [0.717, 1.165) is 49.6 Å². The highest BCUT2D eigenvalue weighted by Gasteiger charge is 2.41. The van der Waals surface area contributed by atoms with Crippen molar-refractivity contribution in [3.05, 3.63) is 75.3 Å². The van der Waals surface area contributed by atoms with Crippen LogP contribution in [0.3, 0.4) is 0 Å². The fourth-order valence-corrected chi connectivity index (χ4v) is 8.19. The lowest BCUT2D eigenvalue weighted by Crippen LogP contribution is -2.62. The molecule has 0 spiro atoms. The number of nitrogens with zero attached hydrogens (tertiary/aromatic N) is 3. The average molecular weight is 601 g/mol. The largest absolute Gasteiger partial charge is 0.322 e. The van der Waals surface area contributed by atoms with Gasteiger partial charge in [-0.25, -0.2) is 0 Å². The highest BCUT2D eigenvalue weighted by Crippen LogP contribution is 2.44. The number of allylic oxidation sites excluding steroid dienone is 1. The van der Waals surface area contributed by atoms with Crippen molar-refractivity contribution >= 4 is 34.9 Å². The zero-order chi connectivity index (χ0) is 29.9. The Hall–Kier alpha value is -3.00. The molecule has 0 saturated carbocycles. The second-order valence-corrected chi connectivity index (χ2v) is 14.5. The predicted molar refractivity (Wildman–Crippen MR) is 167 cm³/mol. The maximum Gasteiger partial charge on any atom is 0.255 e. The molecule has 3 unspecified atom stereocenters. The number of hydrogen-bond acceptors (Lipinski definition) is 5. The molecule has 5 heterocycles. The summed E-state index contributed by atoms with van der Waals surface area (Å²) in [5, 5.41) is 3.18. The van der Waals surface area contributed by atoms with E-state index in [1.165, 1.54) is 36.0 Å². The molecule has 226 valence electrons. The molecule has 8 heteroatoms. The van der Waals surface area contributed by atoms with E-state index >= 15 is 0 Å². The van der Waals surface area contributed by atoms with Crippen molar-refractivity contribution < 1.29 is 14.4 Å². The number of imide groups is 1. The van der Waals surface area contributed by atoms with Gasteiger partial charge in [-0.15, -0.1) is 0 Å². The number of benzene rings is 2. The molecule has 3 atom stereocenters. The van der Waals surface area contributed by atoms with Crippen molar-refractivity contribution in [2.75, 3.05) is 19.6 Å². The van der Waals surface area contributed by atoms with Gasteiger partial charge < -0.3 is 4.90 Å². The maximum atomic E-state index is 13.1. The zero-order valence-electron chi connectivity index (χ0n) is 25.2. The summed E-state index contributed by atoms with van der Waals surface area (Å²) in [5.74, 6) is -0.731. The lowest BCUT2D eigenvalue weighted by molar-refractivity contribution is -0.136. The summed E-state index contributed by atoms with van der Waals surface area (Å²) in [7, 11) is 0. The van der Waals surface area contributed by atoms with Crippen molar-refractivity contribution in [3.8, 4) is 0 Å². The van der Waals surface area contributed by atoms with E-state index in [1.54, 1.807) is 10.5 Å². The van der Waals surface area contributed by atoms with E-state index in [4.69, 9.17) is 11.6 Å². The molecule has 1 N–H and O–H groups in total. The first kappa shape index (κ1) is 28.8. The quantitative estimate of drug-likeness (QED) is 0.449. The van der Waals surface area contributed by atoms with Crippen molar-refractivity contribution in [2.45, 2.75) is 90.0 Å². The van der Waals surface area contributed by atoms with Gasteiger partial charge in [0.2, 0.25) is 11.8 Å². The van der Waals surface area contributed by atoms with Crippen LogP contribution in [0.15, 0.2) is 48.0 Å². The monoisotopic (exact) mass is 600 g/mol. The molecule has 43 heavy (non-hydrogen) atoms. The third kappa shape index (κ3) is 5.67. The summed E-state index contributed by atoms with van der Waals surface area (Å²) < 4.78 is 0. The Morgan fingerprint density at radius 2 is 1.63 bits per heavy atom. The number of rotatable bonds is 6. The Morgan fingerprint density at radius 1 is 0.907 bits per heavy atom. The molecule has 3 amide bonds. The van der Waals surface area contributed by atoms with E-state index in [2.05, 4.69) is 53.2 Å². The molecule has 2 aromatic rings. The van der Waals surface area contributed by atoms with Crippen molar-refractivity contribution in [1.29, 1.82) is 0 Å². The summed E-state index contributed by atoms with van der Waals surface area (Å²) in [6.07, 6.45) is 6.63. The van der Waals surface area contributed by atoms with Crippen molar-refractivity contribution in [2.24, 2.45) is 5.41 Å². The average Bonchev–Trinajstić information content (AvgIpc) is 3.30. The Balaban J connectivity index is 1.03. The summed E-state index contributed by atoms with van der Waals surface area (Å²) in [4.78, 5) is 44.2. The first-order valence-electron chi connectivity index (χ1n) is 15.8. The highest BCUT2D eigenvalue weighted by atomic mass is 35.5. The van der Waals surface area contributed by atoms with Gasteiger partial charge in [-0.2, -0.15) is 0 Å². The van der Waals surface area contributed by atoms with Crippen molar-refractivity contribution in [3.63, 3.8) is 0 Å². The third-order valence-electron chi connectivity index (χ3n) is 10.5. The van der Waals surface area contributed by atoms with Gasteiger partial charge in [-0.3, -0.25) is 29.5 Å². The normalized spacial score (nSPS) is 27.6. The molecular formula is C35H41ClN4O3. The molecular weight excluding hydrogens is 560 g/mol. The second kappa shape index (κ2) is 11.2. The van der Waals surface area contributed by atoms with Crippen LogP contribution in [-0.4, -0.2) is 70.2 Å². The van der Waals surface area contributed by atoms with E-state index in [1.807, 2.05) is 18.2 Å². The number of piperazine rings is 1. The van der Waals surface area contributed by atoms with Gasteiger partial charge in [0.25, 0.3) is 5.91 Å². The van der Waals surface area contributed by atoms with Crippen LogP contribution in [0.25, 0.3) is 5.57 Å². The minimum absolute atomic E-state index is 0.109. The van der Waals surface area contributed by atoms with Crippen LogP contribution in [0.4, 0.5) is 0 Å². The van der Waals surface area contributed by atoms with Gasteiger partial charge in [0, 0.05) is 61.8 Å². The second-order valence-electron chi connectivity index (χ2n) is 14.1. The van der Waals surface area contributed by atoms with Crippen LogP contribution in [0.5, 0.6) is 0 Å². The van der Waals surface area contributed by atoms with Gasteiger partial charge in [-0.05, 0) is 84.4 Å². The Bertz CT molecular complexity index is 1500.